The van der Waals surface area contributed by atoms with Gasteiger partial charge in [-0.3, -0.25) is 4.79 Å². The van der Waals surface area contributed by atoms with Crippen LogP contribution in [0.4, 0.5) is 0 Å². The Bertz CT molecular complexity index is 1230. The van der Waals surface area contributed by atoms with E-state index in [0.717, 1.165) is 33.7 Å². The summed E-state index contributed by atoms with van der Waals surface area (Å²) < 4.78 is 11.2. The Hall–Kier alpha value is -3.87. The largest absolute Gasteiger partial charge is 0.497 e. The highest BCUT2D eigenvalue weighted by Crippen LogP contribution is 2.30. The molecule has 0 saturated carbocycles. The smallest absolute Gasteiger partial charge is 0.258 e. The van der Waals surface area contributed by atoms with Gasteiger partial charge in [-0.25, -0.2) is 9.97 Å². The zero-order valence-corrected chi connectivity index (χ0v) is 16.5. The molecule has 30 heavy (non-hydrogen) atoms. The maximum absolute atomic E-state index is 13.2. The maximum atomic E-state index is 13.2. The van der Waals surface area contributed by atoms with Gasteiger partial charge in [0.2, 0.25) is 0 Å². The summed E-state index contributed by atoms with van der Waals surface area (Å²) in [5.74, 6) is 1.29. The van der Waals surface area contributed by atoms with Crippen LogP contribution in [0.25, 0.3) is 22.4 Å². The van der Waals surface area contributed by atoms with Gasteiger partial charge in [0.1, 0.15) is 23.6 Å². The average Bonchev–Trinajstić information content (AvgIpc) is 3.20. The van der Waals surface area contributed by atoms with Crippen LogP contribution in [0.1, 0.15) is 15.9 Å². The molecule has 0 unspecified atom stereocenters. The van der Waals surface area contributed by atoms with E-state index in [-0.39, 0.29) is 5.91 Å². The monoisotopic (exact) mass is 400 g/mol. The van der Waals surface area contributed by atoms with Crippen LogP contribution in [-0.4, -0.2) is 46.0 Å². The molecule has 1 aliphatic heterocycles. The van der Waals surface area contributed by atoms with Crippen LogP contribution in [0.5, 0.6) is 11.5 Å². The lowest BCUT2D eigenvalue weighted by Crippen LogP contribution is -2.31. The summed E-state index contributed by atoms with van der Waals surface area (Å²) in [4.78, 5) is 27.0. The number of aromatic amines is 1. The molecular formula is C23H20N4O3. The number of hydrogen-bond acceptors (Lipinski definition) is 5. The second-order valence-electron chi connectivity index (χ2n) is 7.10. The van der Waals surface area contributed by atoms with E-state index < -0.39 is 0 Å². The fraction of sp³-hybridized carbons (Fsp3) is 0.174. The molecule has 0 atom stereocenters. The zero-order chi connectivity index (χ0) is 20.5. The molecule has 5 rings (SSSR count). The van der Waals surface area contributed by atoms with Gasteiger partial charge in [0.15, 0.2) is 5.65 Å². The predicted octanol–water partition coefficient (Wildman–Crippen LogP) is 3.67. The molecule has 1 aliphatic rings. The van der Waals surface area contributed by atoms with Crippen LogP contribution in [-0.2, 0) is 6.54 Å². The molecule has 0 bridgehead atoms. The van der Waals surface area contributed by atoms with Crippen molar-refractivity contribution < 1.29 is 14.3 Å². The molecule has 0 fully saturated rings. The van der Waals surface area contributed by atoms with E-state index in [0.29, 0.717) is 31.0 Å². The van der Waals surface area contributed by atoms with Crippen molar-refractivity contribution in [1.82, 2.24) is 19.9 Å². The number of amides is 1. The van der Waals surface area contributed by atoms with Crippen LogP contribution < -0.4 is 9.47 Å². The average molecular weight is 400 g/mol. The van der Waals surface area contributed by atoms with E-state index in [4.69, 9.17) is 9.47 Å². The number of carbonyl (C=O) groups is 1. The SMILES string of the molecule is COc1cccc(CN2CCOc3cc(-c4cnc5[nH]ccc5n4)ccc3C2=O)c1. The van der Waals surface area contributed by atoms with Gasteiger partial charge in [-0.2, -0.15) is 0 Å². The van der Waals surface area contributed by atoms with Crippen molar-refractivity contribution in [2.45, 2.75) is 6.54 Å². The van der Waals surface area contributed by atoms with E-state index in [1.54, 1.807) is 24.3 Å². The van der Waals surface area contributed by atoms with Crippen LogP contribution in [0.3, 0.4) is 0 Å². The van der Waals surface area contributed by atoms with Gasteiger partial charge < -0.3 is 19.4 Å². The fourth-order valence-corrected chi connectivity index (χ4v) is 3.63. The quantitative estimate of drug-likeness (QED) is 0.565. The molecule has 150 valence electrons. The molecule has 2 aromatic carbocycles. The Labute approximate surface area is 173 Å². The summed E-state index contributed by atoms with van der Waals surface area (Å²) >= 11 is 0. The van der Waals surface area contributed by atoms with Crippen LogP contribution >= 0.6 is 0 Å². The molecular weight excluding hydrogens is 380 g/mol. The van der Waals surface area contributed by atoms with E-state index >= 15 is 0 Å². The van der Waals surface area contributed by atoms with Crippen molar-refractivity contribution in [2.24, 2.45) is 0 Å². The maximum Gasteiger partial charge on any atom is 0.258 e. The lowest BCUT2D eigenvalue weighted by Gasteiger charge is -2.20. The third-order valence-corrected chi connectivity index (χ3v) is 5.18. The van der Waals surface area contributed by atoms with Crippen molar-refractivity contribution in [3.8, 4) is 22.8 Å². The van der Waals surface area contributed by atoms with Gasteiger partial charge in [-0.1, -0.05) is 18.2 Å². The number of methoxy groups -OCH3 is 1. The van der Waals surface area contributed by atoms with Crippen molar-refractivity contribution in [2.75, 3.05) is 20.3 Å². The zero-order valence-electron chi connectivity index (χ0n) is 16.5. The summed E-state index contributed by atoms with van der Waals surface area (Å²) in [6.07, 6.45) is 3.53. The third kappa shape index (κ3) is 3.34. The number of rotatable bonds is 4. The summed E-state index contributed by atoms with van der Waals surface area (Å²) in [5, 5.41) is 0. The number of fused-ring (bicyclic) bond motifs is 2. The number of aromatic nitrogens is 3. The third-order valence-electron chi connectivity index (χ3n) is 5.18. The Balaban J connectivity index is 1.43. The number of nitrogens with zero attached hydrogens (tertiary/aromatic N) is 3. The van der Waals surface area contributed by atoms with E-state index in [9.17, 15) is 4.79 Å². The molecule has 7 nitrogen and oxygen atoms in total. The van der Waals surface area contributed by atoms with Crippen LogP contribution in [0, 0.1) is 0 Å². The molecule has 4 aromatic rings. The lowest BCUT2D eigenvalue weighted by atomic mass is 10.1. The summed E-state index contributed by atoms with van der Waals surface area (Å²) in [7, 11) is 1.63. The first-order chi connectivity index (χ1) is 14.7. The molecule has 0 spiro atoms. The van der Waals surface area contributed by atoms with Gasteiger partial charge >= 0.3 is 0 Å². The summed E-state index contributed by atoms with van der Waals surface area (Å²) in [5.41, 5.74) is 4.70. The molecule has 1 N–H and O–H groups in total. The summed E-state index contributed by atoms with van der Waals surface area (Å²) in [6.45, 7) is 1.43. The number of benzene rings is 2. The Kier molecular flexibility index (Phi) is 4.55. The summed E-state index contributed by atoms with van der Waals surface area (Å²) in [6, 6.07) is 15.2. The van der Waals surface area contributed by atoms with Crippen molar-refractivity contribution in [1.29, 1.82) is 0 Å². The van der Waals surface area contributed by atoms with Crippen LogP contribution in [0.2, 0.25) is 0 Å². The highest BCUT2D eigenvalue weighted by atomic mass is 16.5. The normalized spacial score (nSPS) is 13.6. The minimum absolute atomic E-state index is 0.0518. The standard InChI is InChI=1S/C23H20N4O3/c1-29-17-4-2-3-15(11-17)14-27-9-10-30-21-12-16(5-6-18(21)23(27)28)20-13-25-22-19(26-20)7-8-24-22/h2-8,11-13H,9-10,14H2,1H3,(H,24,25). The number of carbonyl (C=O) groups excluding carboxylic acids is 1. The van der Waals surface area contributed by atoms with Crippen molar-refractivity contribution in [3.05, 3.63) is 72.1 Å². The van der Waals surface area contributed by atoms with Gasteiger partial charge in [-0.05, 0) is 35.9 Å². The lowest BCUT2D eigenvalue weighted by molar-refractivity contribution is 0.0743. The Morgan fingerprint density at radius 2 is 2.13 bits per heavy atom. The number of hydrogen-bond donors (Lipinski definition) is 1. The second kappa shape index (κ2) is 7.51. The molecule has 3 heterocycles. The Morgan fingerprint density at radius 1 is 1.20 bits per heavy atom. The molecule has 7 heteroatoms. The fourth-order valence-electron chi connectivity index (χ4n) is 3.63. The van der Waals surface area contributed by atoms with Gasteiger partial charge in [0.25, 0.3) is 5.91 Å². The predicted molar refractivity (Wildman–Crippen MR) is 113 cm³/mol. The van der Waals surface area contributed by atoms with Crippen LogP contribution in [0.15, 0.2) is 60.9 Å². The highest BCUT2D eigenvalue weighted by molar-refractivity contribution is 5.98. The topological polar surface area (TPSA) is 80.3 Å². The molecule has 0 saturated heterocycles. The highest BCUT2D eigenvalue weighted by Gasteiger charge is 2.24. The first kappa shape index (κ1) is 18.2. The van der Waals surface area contributed by atoms with E-state index in [1.807, 2.05) is 48.7 Å². The van der Waals surface area contributed by atoms with Gasteiger partial charge in [-0.15, -0.1) is 0 Å². The first-order valence-electron chi connectivity index (χ1n) is 9.71. The number of H-pyrrole nitrogens is 1. The van der Waals surface area contributed by atoms with E-state index in [2.05, 4.69) is 15.0 Å². The first-order valence-corrected chi connectivity index (χ1v) is 9.71. The van der Waals surface area contributed by atoms with Crippen molar-refractivity contribution >= 4 is 17.1 Å². The molecule has 1 amide bonds. The van der Waals surface area contributed by atoms with Gasteiger partial charge in [0.05, 0.1) is 31.1 Å². The minimum atomic E-state index is -0.0518. The Morgan fingerprint density at radius 3 is 3.03 bits per heavy atom. The molecule has 0 aliphatic carbocycles. The second-order valence-corrected chi connectivity index (χ2v) is 7.10. The number of nitrogens with one attached hydrogen (secondary N) is 1. The van der Waals surface area contributed by atoms with E-state index in [1.165, 1.54) is 0 Å². The molecule has 0 radical (unpaired) electrons. The molecule has 2 aromatic heterocycles. The number of ether oxygens (including phenoxy) is 2. The minimum Gasteiger partial charge on any atom is -0.497 e. The van der Waals surface area contributed by atoms with Crippen molar-refractivity contribution in [3.63, 3.8) is 0 Å². The van der Waals surface area contributed by atoms with Gasteiger partial charge in [0, 0.05) is 18.3 Å².